The highest BCUT2D eigenvalue weighted by molar-refractivity contribution is 9.10. The third kappa shape index (κ3) is 2.75. The molecule has 0 aliphatic carbocycles. The number of hydrogen-bond donors (Lipinski definition) is 0. The molecule has 0 aliphatic rings. The van der Waals surface area contributed by atoms with Gasteiger partial charge in [-0.15, -0.1) is 0 Å². The van der Waals surface area contributed by atoms with Crippen LogP contribution < -0.4 is 0 Å². The van der Waals surface area contributed by atoms with E-state index in [9.17, 15) is 4.79 Å². The van der Waals surface area contributed by atoms with Crippen molar-refractivity contribution >= 4 is 30.1 Å². The van der Waals surface area contributed by atoms with E-state index < -0.39 is 8.24 Å². The predicted molar refractivity (Wildman–Crippen MR) is 89.9 cm³/mol. The molecule has 5 heteroatoms. The van der Waals surface area contributed by atoms with Crippen molar-refractivity contribution in [3.63, 3.8) is 0 Å². The molecule has 0 unspecified atom stereocenters. The van der Waals surface area contributed by atoms with Gasteiger partial charge in [-0.3, -0.25) is 0 Å². The first kappa shape index (κ1) is 17.5. The number of aromatic nitrogens is 1. The second kappa shape index (κ2) is 6.48. The molecule has 1 heterocycles. The maximum absolute atomic E-state index is 11.8. The van der Waals surface area contributed by atoms with E-state index in [0.29, 0.717) is 22.2 Å². The van der Waals surface area contributed by atoms with Crippen LogP contribution in [0, 0.1) is 0 Å². The molecule has 0 N–H and O–H groups in total. The molecule has 1 aromatic heterocycles. The van der Waals surface area contributed by atoms with Gasteiger partial charge in [0.15, 0.2) is 8.24 Å². The number of esters is 1. The van der Waals surface area contributed by atoms with Gasteiger partial charge in [-0.05, 0) is 32.6 Å². The molecule has 1 rings (SSSR count). The summed E-state index contributed by atoms with van der Waals surface area (Å²) in [4.78, 5) is 11.8. The molecule has 0 radical (unpaired) electrons. The van der Waals surface area contributed by atoms with Crippen LogP contribution in [0.2, 0.25) is 16.6 Å². The van der Waals surface area contributed by atoms with Crippen LogP contribution in [-0.4, -0.2) is 25.5 Å². The van der Waals surface area contributed by atoms with Crippen LogP contribution in [0.3, 0.4) is 0 Å². The number of ether oxygens (including phenoxy) is 1. The highest BCUT2D eigenvalue weighted by Gasteiger charge is 2.45. The van der Waals surface area contributed by atoms with Crippen LogP contribution in [0.25, 0.3) is 0 Å². The summed E-state index contributed by atoms with van der Waals surface area (Å²) in [5.74, 6) is -0.283. The minimum absolute atomic E-state index is 0.283. The minimum Gasteiger partial charge on any atom is -0.465 e. The van der Waals surface area contributed by atoms with Crippen molar-refractivity contribution in [2.24, 2.45) is 0 Å². The van der Waals surface area contributed by atoms with E-state index in [4.69, 9.17) is 4.74 Å². The highest BCUT2D eigenvalue weighted by Crippen LogP contribution is 2.43. The van der Waals surface area contributed by atoms with Crippen LogP contribution in [0.5, 0.6) is 0 Å². The van der Waals surface area contributed by atoms with Crippen LogP contribution in [0.4, 0.5) is 0 Å². The van der Waals surface area contributed by atoms with E-state index in [1.165, 1.54) is 7.11 Å². The van der Waals surface area contributed by atoms with Gasteiger partial charge < -0.3 is 8.97 Å². The van der Waals surface area contributed by atoms with Gasteiger partial charge in [-0.2, -0.15) is 0 Å². The molecular weight excluding hydrogens is 334 g/mol. The SMILES string of the molecule is COC(=O)c1cn([Si](C(C)C)(C(C)C)C(C)C)cc1Br. The lowest BCUT2D eigenvalue weighted by molar-refractivity contribution is 0.0600. The van der Waals surface area contributed by atoms with Gasteiger partial charge in [-0.1, -0.05) is 41.5 Å². The van der Waals surface area contributed by atoms with E-state index >= 15 is 0 Å². The maximum atomic E-state index is 11.8. The zero-order chi connectivity index (χ0) is 15.7. The second-order valence-electron chi connectivity index (χ2n) is 6.27. The van der Waals surface area contributed by atoms with Crippen LogP contribution in [-0.2, 0) is 4.74 Å². The van der Waals surface area contributed by atoms with Gasteiger partial charge in [0.2, 0.25) is 0 Å². The number of methoxy groups -OCH3 is 1. The van der Waals surface area contributed by atoms with Crippen LogP contribution in [0.15, 0.2) is 16.9 Å². The monoisotopic (exact) mass is 359 g/mol. The van der Waals surface area contributed by atoms with Crippen molar-refractivity contribution in [2.75, 3.05) is 7.11 Å². The molecule has 0 aromatic carbocycles. The molecule has 0 amide bonds. The van der Waals surface area contributed by atoms with E-state index in [1.807, 2.05) is 6.20 Å². The van der Waals surface area contributed by atoms with Gasteiger partial charge in [0.25, 0.3) is 0 Å². The highest BCUT2D eigenvalue weighted by atomic mass is 79.9. The Bertz CT molecular complexity index is 458. The second-order valence-corrected chi connectivity index (χ2v) is 12.9. The van der Waals surface area contributed by atoms with Gasteiger partial charge in [0.1, 0.15) is 0 Å². The first-order chi connectivity index (χ1) is 9.19. The topological polar surface area (TPSA) is 31.2 Å². The normalized spacial score (nSPS) is 12.6. The minimum atomic E-state index is -1.79. The lowest BCUT2D eigenvalue weighted by Gasteiger charge is -2.44. The molecule has 0 aliphatic heterocycles. The van der Waals surface area contributed by atoms with E-state index in [1.54, 1.807) is 0 Å². The summed E-state index contributed by atoms with van der Waals surface area (Å²) in [5.41, 5.74) is 2.39. The molecular formula is C15H26BrNO2Si. The first-order valence-electron chi connectivity index (χ1n) is 7.15. The fourth-order valence-electron chi connectivity index (χ4n) is 3.81. The van der Waals surface area contributed by atoms with Gasteiger partial charge in [-0.25, -0.2) is 4.79 Å². The number of rotatable bonds is 5. The molecule has 3 nitrogen and oxygen atoms in total. The summed E-state index contributed by atoms with van der Waals surface area (Å²) >= 11 is 3.50. The van der Waals surface area contributed by atoms with Crippen LogP contribution in [0.1, 0.15) is 51.9 Å². The molecule has 114 valence electrons. The lowest BCUT2D eigenvalue weighted by atomic mass is 10.3. The fourth-order valence-corrected chi connectivity index (χ4v) is 11.0. The molecule has 20 heavy (non-hydrogen) atoms. The summed E-state index contributed by atoms with van der Waals surface area (Å²) in [6.45, 7) is 13.8. The average Bonchev–Trinajstić information content (AvgIpc) is 2.69. The Labute approximate surface area is 131 Å². The summed E-state index contributed by atoms with van der Waals surface area (Å²) in [5, 5.41) is 0. The number of nitrogens with zero attached hydrogens (tertiary/aromatic N) is 1. The van der Waals surface area contributed by atoms with Crippen LogP contribution >= 0.6 is 15.9 Å². The summed E-state index contributed by atoms with van der Waals surface area (Å²) in [7, 11) is -0.373. The molecule has 0 spiro atoms. The summed E-state index contributed by atoms with van der Waals surface area (Å²) in [6.07, 6.45) is 4.04. The molecule has 1 aromatic rings. The lowest BCUT2D eigenvalue weighted by Crippen LogP contribution is -2.51. The van der Waals surface area contributed by atoms with E-state index in [2.05, 4.69) is 67.9 Å². The Morgan fingerprint density at radius 1 is 1.10 bits per heavy atom. The molecule has 0 atom stereocenters. The Balaban J connectivity index is 3.47. The molecule has 0 bridgehead atoms. The van der Waals surface area contributed by atoms with Gasteiger partial charge in [0, 0.05) is 16.9 Å². The quantitative estimate of drug-likeness (QED) is 0.543. The standard InChI is InChI=1S/C15H26BrNO2Si/c1-10(2)20(11(3)4,12(5)6)17-8-13(14(16)9-17)15(18)19-7/h8-12H,1-7H3. The largest absolute Gasteiger partial charge is 0.465 e. The Morgan fingerprint density at radius 3 is 1.90 bits per heavy atom. The van der Waals surface area contributed by atoms with Crippen molar-refractivity contribution in [3.8, 4) is 0 Å². The van der Waals surface area contributed by atoms with Crippen molar-refractivity contribution in [1.82, 2.24) is 4.23 Å². The van der Waals surface area contributed by atoms with E-state index in [-0.39, 0.29) is 5.97 Å². The molecule has 0 saturated heterocycles. The zero-order valence-corrected chi connectivity index (χ0v) is 16.1. The number of hydrogen-bond acceptors (Lipinski definition) is 2. The van der Waals surface area contributed by atoms with Crippen molar-refractivity contribution in [3.05, 3.63) is 22.4 Å². The number of halogens is 1. The fraction of sp³-hybridized carbons (Fsp3) is 0.667. The average molecular weight is 360 g/mol. The first-order valence-corrected chi connectivity index (χ1v) is 10.1. The van der Waals surface area contributed by atoms with Crippen molar-refractivity contribution < 1.29 is 9.53 Å². The van der Waals surface area contributed by atoms with Crippen molar-refractivity contribution in [1.29, 1.82) is 0 Å². The zero-order valence-electron chi connectivity index (χ0n) is 13.5. The maximum Gasteiger partial charge on any atom is 0.340 e. The third-order valence-corrected chi connectivity index (χ3v) is 11.7. The third-order valence-electron chi connectivity index (χ3n) is 4.41. The molecule has 0 fully saturated rings. The van der Waals surface area contributed by atoms with Gasteiger partial charge >= 0.3 is 5.97 Å². The predicted octanol–water partition coefficient (Wildman–Crippen LogP) is 5.06. The Morgan fingerprint density at radius 2 is 1.55 bits per heavy atom. The Hall–Kier alpha value is -0.553. The summed E-state index contributed by atoms with van der Waals surface area (Å²) in [6, 6.07) is 0. The Kier molecular flexibility index (Phi) is 5.67. The smallest absolute Gasteiger partial charge is 0.340 e. The van der Waals surface area contributed by atoms with Gasteiger partial charge in [0.05, 0.1) is 12.7 Å². The number of carbonyl (C=O) groups is 1. The molecule has 0 saturated carbocycles. The number of carbonyl (C=O) groups excluding carboxylic acids is 1. The summed E-state index contributed by atoms with van der Waals surface area (Å²) < 4.78 is 8.02. The van der Waals surface area contributed by atoms with Crippen molar-refractivity contribution in [2.45, 2.75) is 58.2 Å². The van der Waals surface area contributed by atoms with E-state index in [0.717, 1.165) is 4.47 Å².